The normalized spacial score (nSPS) is 21.7. The zero-order valence-electron chi connectivity index (χ0n) is 21.7. The third-order valence-corrected chi connectivity index (χ3v) is 6.94. The number of benzene rings is 3. The molecule has 7 heteroatoms. The van der Waals surface area contributed by atoms with Gasteiger partial charge in [0.15, 0.2) is 12.3 Å². The molecular formula is C30H33N3O4. The van der Waals surface area contributed by atoms with E-state index in [-0.39, 0.29) is 24.5 Å². The fraction of sp³-hybridized carbons (Fsp3) is 0.333. The van der Waals surface area contributed by atoms with Crippen LogP contribution in [0, 0.1) is 13.8 Å². The van der Waals surface area contributed by atoms with Gasteiger partial charge in [-0.05, 0) is 57.0 Å². The highest BCUT2D eigenvalue weighted by molar-refractivity contribution is 5.91. The number of fused-ring (bicyclic) bond motifs is 1. The number of rotatable bonds is 5. The van der Waals surface area contributed by atoms with Crippen molar-refractivity contribution >= 4 is 17.6 Å². The van der Waals surface area contributed by atoms with Crippen molar-refractivity contribution in [1.29, 1.82) is 0 Å². The fourth-order valence-corrected chi connectivity index (χ4v) is 5.52. The highest BCUT2D eigenvalue weighted by Gasteiger charge is 2.50. The summed E-state index contributed by atoms with van der Waals surface area (Å²) < 4.78 is 12.5. The van der Waals surface area contributed by atoms with Gasteiger partial charge in [-0.2, -0.15) is 0 Å². The third-order valence-electron chi connectivity index (χ3n) is 6.94. The van der Waals surface area contributed by atoms with E-state index in [1.807, 2.05) is 82.3 Å². The van der Waals surface area contributed by atoms with Crippen LogP contribution in [0.25, 0.3) is 0 Å². The second kappa shape index (κ2) is 9.47. The molecule has 3 aromatic carbocycles. The average molecular weight is 500 g/mol. The molecule has 7 nitrogen and oxygen atoms in total. The van der Waals surface area contributed by atoms with Crippen molar-refractivity contribution in [2.45, 2.75) is 57.7 Å². The Bertz CT molecular complexity index is 1320. The van der Waals surface area contributed by atoms with E-state index in [9.17, 15) is 9.59 Å². The first kappa shape index (κ1) is 24.7. The van der Waals surface area contributed by atoms with Gasteiger partial charge in [0.05, 0.1) is 0 Å². The van der Waals surface area contributed by atoms with E-state index in [1.165, 1.54) is 0 Å². The molecule has 1 spiro atoms. The molecule has 2 aliphatic rings. The monoisotopic (exact) mass is 499 g/mol. The van der Waals surface area contributed by atoms with Crippen LogP contribution in [-0.2, 0) is 4.79 Å². The molecule has 3 amide bonds. The number of nitrogens with one attached hydrogen (secondary N) is 3. The SMILES string of the molecule is Cc1ccc(NC(=O)COc2cc(C)c3c(c2)O[C@]2(C[C@@H]3c3ccccc3)CC(C)(C)NC(=O)N2)cc1. The second-order valence-electron chi connectivity index (χ2n) is 10.8. The molecule has 2 heterocycles. The second-order valence-corrected chi connectivity index (χ2v) is 10.8. The summed E-state index contributed by atoms with van der Waals surface area (Å²) in [4.78, 5) is 25.1. The Balaban J connectivity index is 1.43. The highest BCUT2D eigenvalue weighted by atomic mass is 16.5. The number of ether oxygens (including phenoxy) is 2. The predicted molar refractivity (Wildman–Crippen MR) is 143 cm³/mol. The number of amides is 3. The Labute approximate surface area is 217 Å². The number of carbonyl (C=O) groups is 2. The smallest absolute Gasteiger partial charge is 0.318 e. The molecule has 0 bridgehead atoms. The van der Waals surface area contributed by atoms with Gasteiger partial charge in [0.25, 0.3) is 5.91 Å². The largest absolute Gasteiger partial charge is 0.484 e. The van der Waals surface area contributed by atoms with Crippen LogP contribution in [0.15, 0.2) is 66.7 Å². The number of urea groups is 1. The van der Waals surface area contributed by atoms with Crippen LogP contribution >= 0.6 is 0 Å². The molecule has 3 aromatic rings. The van der Waals surface area contributed by atoms with Gasteiger partial charge in [0, 0.05) is 41.6 Å². The van der Waals surface area contributed by atoms with Gasteiger partial charge in [-0.1, -0.05) is 48.0 Å². The molecule has 3 N–H and O–H groups in total. The molecule has 0 aromatic heterocycles. The van der Waals surface area contributed by atoms with Crippen molar-refractivity contribution in [3.05, 3.63) is 89.0 Å². The molecule has 0 radical (unpaired) electrons. The lowest BCUT2D eigenvalue weighted by molar-refractivity contribution is -0.118. The van der Waals surface area contributed by atoms with Crippen LogP contribution in [0.1, 0.15) is 54.9 Å². The Morgan fingerprint density at radius 3 is 2.49 bits per heavy atom. The van der Waals surface area contributed by atoms with Gasteiger partial charge in [0.2, 0.25) is 0 Å². The quantitative estimate of drug-likeness (QED) is 0.438. The molecule has 1 fully saturated rings. The fourth-order valence-electron chi connectivity index (χ4n) is 5.52. The van der Waals surface area contributed by atoms with Crippen molar-refractivity contribution in [2.24, 2.45) is 0 Å². The van der Waals surface area contributed by atoms with Crippen LogP contribution in [0.3, 0.4) is 0 Å². The lowest BCUT2D eigenvalue weighted by Crippen LogP contribution is -2.69. The topological polar surface area (TPSA) is 88.7 Å². The molecule has 0 aliphatic carbocycles. The predicted octanol–water partition coefficient (Wildman–Crippen LogP) is 5.41. The molecule has 37 heavy (non-hydrogen) atoms. The maximum atomic E-state index is 12.6. The number of hydrogen-bond donors (Lipinski definition) is 3. The third kappa shape index (κ3) is 5.40. The minimum Gasteiger partial charge on any atom is -0.484 e. The molecular weight excluding hydrogens is 466 g/mol. The summed E-state index contributed by atoms with van der Waals surface area (Å²) in [6.45, 7) is 7.90. The standard InChI is InChI=1S/C30H33N3O4/c1-19-10-12-22(13-11-19)31-26(34)17-36-23-14-20(2)27-24(21-8-6-5-7-9-21)16-30(37-25(27)15-23)18-29(3,4)32-28(35)33-30/h5-15,24H,16-18H2,1-4H3,(H,31,34)(H2,32,33,35)/t24-,30-/m1/s1. The summed E-state index contributed by atoms with van der Waals surface area (Å²) in [5, 5.41) is 8.91. The number of aryl methyl sites for hydroxylation is 2. The Kier molecular flexibility index (Phi) is 6.31. The van der Waals surface area contributed by atoms with Gasteiger partial charge < -0.3 is 25.4 Å². The Morgan fingerprint density at radius 2 is 1.78 bits per heavy atom. The molecule has 2 aliphatic heterocycles. The lowest BCUT2D eigenvalue weighted by Gasteiger charge is -2.49. The molecule has 0 unspecified atom stereocenters. The van der Waals surface area contributed by atoms with Crippen LogP contribution in [-0.4, -0.2) is 29.8 Å². The maximum absolute atomic E-state index is 12.6. The summed E-state index contributed by atoms with van der Waals surface area (Å²) in [6, 6.07) is 21.4. The van der Waals surface area contributed by atoms with Gasteiger partial charge >= 0.3 is 6.03 Å². The summed E-state index contributed by atoms with van der Waals surface area (Å²) in [6.07, 6.45) is 1.21. The highest BCUT2D eigenvalue weighted by Crippen LogP contribution is 2.49. The molecule has 0 saturated carbocycles. The lowest BCUT2D eigenvalue weighted by atomic mass is 9.76. The minimum atomic E-state index is -0.868. The average Bonchev–Trinajstić information content (AvgIpc) is 2.82. The van der Waals surface area contributed by atoms with Crippen LogP contribution in [0.2, 0.25) is 0 Å². The van der Waals surface area contributed by atoms with Gasteiger partial charge in [-0.25, -0.2) is 4.79 Å². The summed E-state index contributed by atoms with van der Waals surface area (Å²) >= 11 is 0. The number of carbonyl (C=O) groups excluding carboxylic acids is 2. The van der Waals surface area contributed by atoms with Crippen molar-refractivity contribution in [3.8, 4) is 11.5 Å². The van der Waals surface area contributed by atoms with Gasteiger partial charge in [0.1, 0.15) is 11.5 Å². The van der Waals surface area contributed by atoms with Gasteiger partial charge in [-0.3, -0.25) is 4.79 Å². The van der Waals surface area contributed by atoms with E-state index in [2.05, 4.69) is 28.1 Å². The Hall–Kier alpha value is -4.00. The molecule has 2 atom stereocenters. The van der Waals surface area contributed by atoms with Crippen molar-refractivity contribution in [2.75, 3.05) is 11.9 Å². The van der Waals surface area contributed by atoms with Crippen LogP contribution < -0.4 is 25.4 Å². The summed E-state index contributed by atoms with van der Waals surface area (Å²) in [5.74, 6) is 0.981. The first-order valence-corrected chi connectivity index (χ1v) is 12.6. The molecule has 1 saturated heterocycles. The van der Waals surface area contributed by atoms with Crippen molar-refractivity contribution in [3.63, 3.8) is 0 Å². The first-order chi connectivity index (χ1) is 17.6. The number of anilines is 1. The minimum absolute atomic E-state index is 0.0260. The Morgan fingerprint density at radius 1 is 1.05 bits per heavy atom. The van der Waals surface area contributed by atoms with E-state index in [0.29, 0.717) is 24.3 Å². The zero-order chi connectivity index (χ0) is 26.2. The maximum Gasteiger partial charge on any atom is 0.318 e. The zero-order valence-corrected chi connectivity index (χ0v) is 21.7. The van der Waals surface area contributed by atoms with E-state index < -0.39 is 11.3 Å². The summed E-state index contributed by atoms with van der Waals surface area (Å²) in [5.41, 5.74) is 3.78. The van der Waals surface area contributed by atoms with E-state index >= 15 is 0 Å². The molecule has 5 rings (SSSR count). The number of hydrogen-bond acceptors (Lipinski definition) is 4. The molecule has 192 valence electrons. The van der Waals surface area contributed by atoms with Crippen molar-refractivity contribution in [1.82, 2.24) is 10.6 Å². The van der Waals surface area contributed by atoms with Crippen LogP contribution in [0.5, 0.6) is 11.5 Å². The van der Waals surface area contributed by atoms with Crippen molar-refractivity contribution < 1.29 is 19.1 Å². The summed E-state index contributed by atoms with van der Waals surface area (Å²) in [7, 11) is 0. The van der Waals surface area contributed by atoms with E-state index in [0.717, 1.165) is 27.9 Å². The van der Waals surface area contributed by atoms with Gasteiger partial charge in [-0.15, -0.1) is 0 Å². The van der Waals surface area contributed by atoms with E-state index in [4.69, 9.17) is 9.47 Å². The van der Waals surface area contributed by atoms with E-state index in [1.54, 1.807) is 0 Å². The first-order valence-electron chi connectivity index (χ1n) is 12.6. The van der Waals surface area contributed by atoms with Crippen LogP contribution in [0.4, 0.5) is 10.5 Å².